The van der Waals surface area contributed by atoms with Gasteiger partial charge >= 0.3 is 6.16 Å². The highest BCUT2D eigenvalue weighted by atomic mass is 79.9. The van der Waals surface area contributed by atoms with Gasteiger partial charge in [-0.3, -0.25) is 0 Å². The van der Waals surface area contributed by atoms with E-state index in [2.05, 4.69) is 31.9 Å². The Hall–Kier alpha value is -2.55. The first-order chi connectivity index (χ1) is 15.3. The predicted octanol–water partition coefficient (Wildman–Crippen LogP) is 7.64. The molecule has 32 heavy (non-hydrogen) atoms. The van der Waals surface area contributed by atoms with E-state index in [9.17, 15) is 9.18 Å². The Morgan fingerprint density at radius 3 is 2.66 bits per heavy atom. The predicted molar refractivity (Wildman–Crippen MR) is 127 cm³/mol. The van der Waals surface area contributed by atoms with Crippen molar-refractivity contribution in [3.63, 3.8) is 0 Å². The summed E-state index contributed by atoms with van der Waals surface area (Å²) in [6.07, 6.45) is 0.451. The van der Waals surface area contributed by atoms with Gasteiger partial charge in [-0.2, -0.15) is 0 Å². The lowest BCUT2D eigenvalue weighted by Crippen LogP contribution is -2.05. The van der Waals surface area contributed by atoms with E-state index in [1.165, 1.54) is 6.07 Å². The fraction of sp³-hybridized carbons (Fsp3) is 0.0870. The zero-order valence-corrected chi connectivity index (χ0v) is 20.2. The normalized spacial score (nSPS) is 11.0. The van der Waals surface area contributed by atoms with Gasteiger partial charge in [0.15, 0.2) is 0 Å². The smallest absolute Gasteiger partial charge is 0.487 e. The van der Waals surface area contributed by atoms with Crippen LogP contribution in [0.1, 0.15) is 11.1 Å². The lowest BCUT2D eigenvalue weighted by atomic mass is 10.2. The van der Waals surface area contributed by atoms with Gasteiger partial charge in [0.2, 0.25) is 0 Å². The van der Waals surface area contributed by atoms with Crippen LogP contribution < -0.4 is 9.47 Å². The minimum absolute atomic E-state index is 0.0371. The molecule has 0 aliphatic carbocycles. The third-order valence-electron chi connectivity index (χ3n) is 4.78. The van der Waals surface area contributed by atoms with Crippen LogP contribution in [0, 0.1) is 5.82 Å². The van der Waals surface area contributed by atoms with Crippen LogP contribution in [-0.2, 0) is 13.2 Å². The molecule has 0 atom stereocenters. The molecule has 1 heterocycles. The van der Waals surface area contributed by atoms with Gasteiger partial charge in [-0.15, -0.1) is 0 Å². The van der Waals surface area contributed by atoms with Gasteiger partial charge in [-0.1, -0.05) is 39.7 Å². The molecule has 1 N–H and O–H groups in total. The summed E-state index contributed by atoms with van der Waals surface area (Å²) in [5.74, 6) is 0.424. The second kappa shape index (κ2) is 9.52. The second-order valence-electron chi connectivity index (χ2n) is 6.90. The number of carbonyl (C=O) groups is 1. The molecular formula is C23H15Br2ClFNO4. The molecule has 4 aromatic rings. The minimum Gasteiger partial charge on any atom is -0.487 e. The summed E-state index contributed by atoms with van der Waals surface area (Å²) < 4.78 is 28.3. The van der Waals surface area contributed by atoms with Gasteiger partial charge in [0.25, 0.3) is 0 Å². The quantitative estimate of drug-likeness (QED) is 0.187. The summed E-state index contributed by atoms with van der Waals surface area (Å²) in [6, 6.07) is 15.3. The topological polar surface area (TPSA) is 60.7 Å². The van der Waals surface area contributed by atoms with Crippen LogP contribution in [0.4, 0.5) is 9.18 Å². The number of hydrogen-bond acceptors (Lipinski definition) is 3. The molecule has 4 rings (SSSR count). The molecule has 0 saturated heterocycles. The molecule has 0 aliphatic heterocycles. The Balaban J connectivity index is 1.66. The molecule has 0 spiro atoms. The van der Waals surface area contributed by atoms with Crippen LogP contribution in [-0.4, -0.2) is 15.8 Å². The van der Waals surface area contributed by atoms with Crippen LogP contribution in [0.3, 0.4) is 0 Å². The van der Waals surface area contributed by atoms with Crippen molar-refractivity contribution in [1.82, 2.24) is 4.57 Å². The number of halogens is 4. The van der Waals surface area contributed by atoms with Crippen LogP contribution in [0.15, 0.2) is 69.7 Å². The van der Waals surface area contributed by atoms with Crippen LogP contribution in [0.25, 0.3) is 10.9 Å². The molecule has 0 bridgehead atoms. The summed E-state index contributed by atoms with van der Waals surface area (Å²) in [5.41, 5.74) is 1.97. The monoisotopic (exact) mass is 581 g/mol. The molecule has 9 heteroatoms. The number of ether oxygens (including phenoxy) is 2. The molecule has 1 aromatic heterocycles. The highest BCUT2D eigenvalue weighted by Crippen LogP contribution is 2.35. The van der Waals surface area contributed by atoms with Crippen molar-refractivity contribution < 1.29 is 23.8 Å². The number of fused-ring (bicyclic) bond motifs is 1. The highest BCUT2D eigenvalue weighted by Gasteiger charge is 2.15. The zero-order chi connectivity index (χ0) is 22.8. The number of carboxylic acid groups (broad SMARTS) is 1. The van der Waals surface area contributed by atoms with Crippen molar-refractivity contribution >= 4 is 60.5 Å². The number of nitrogens with zero attached hydrogens (tertiary/aromatic N) is 1. The van der Waals surface area contributed by atoms with E-state index in [0.717, 1.165) is 11.1 Å². The lowest BCUT2D eigenvalue weighted by molar-refractivity contribution is 0.145. The first-order valence-corrected chi connectivity index (χ1v) is 11.3. The van der Waals surface area contributed by atoms with E-state index in [1.54, 1.807) is 42.5 Å². The van der Waals surface area contributed by atoms with Gasteiger partial charge in [0.1, 0.15) is 23.9 Å². The Morgan fingerprint density at radius 1 is 1.09 bits per heavy atom. The van der Waals surface area contributed by atoms with Crippen LogP contribution >= 0.6 is 43.5 Å². The molecular weight excluding hydrogens is 569 g/mol. The van der Waals surface area contributed by atoms with E-state index in [0.29, 0.717) is 37.2 Å². The number of rotatable bonds is 6. The highest BCUT2D eigenvalue weighted by molar-refractivity contribution is 9.10. The fourth-order valence-electron chi connectivity index (χ4n) is 3.38. The maximum atomic E-state index is 14.2. The standard InChI is InChI=1S/C23H15Br2ClFNO4/c24-15-5-4-13(19(27)9-15)12-31-22-14(8-16(26)10-18(22)25)11-28-7-6-17-20(28)2-1-3-21(17)32-23(29)30/h1-10H,11-12H2,(H,29,30). The van der Waals surface area contributed by atoms with E-state index >= 15 is 0 Å². The van der Waals surface area contributed by atoms with Gasteiger partial charge in [-0.05, 0) is 58.4 Å². The van der Waals surface area contributed by atoms with E-state index < -0.39 is 6.16 Å². The van der Waals surface area contributed by atoms with Crippen molar-refractivity contribution in [2.75, 3.05) is 0 Å². The number of benzene rings is 3. The van der Waals surface area contributed by atoms with Gasteiger partial charge in [0.05, 0.1) is 16.5 Å². The molecule has 0 fully saturated rings. The van der Waals surface area contributed by atoms with E-state index in [4.69, 9.17) is 26.2 Å². The largest absolute Gasteiger partial charge is 0.511 e. The van der Waals surface area contributed by atoms with Gasteiger partial charge in [-0.25, -0.2) is 9.18 Å². The molecule has 0 radical (unpaired) electrons. The summed E-state index contributed by atoms with van der Waals surface area (Å²) in [7, 11) is 0. The van der Waals surface area contributed by atoms with Crippen molar-refractivity contribution in [2.45, 2.75) is 13.2 Å². The third-order valence-corrected chi connectivity index (χ3v) is 6.08. The second-order valence-corrected chi connectivity index (χ2v) is 9.11. The Kier molecular flexibility index (Phi) is 6.74. The maximum absolute atomic E-state index is 14.2. The molecule has 0 saturated carbocycles. The third kappa shape index (κ3) is 4.92. The molecule has 0 unspecified atom stereocenters. The summed E-state index contributed by atoms with van der Waals surface area (Å²) >= 11 is 13.0. The first-order valence-electron chi connectivity index (χ1n) is 9.35. The van der Waals surface area contributed by atoms with Crippen molar-refractivity contribution in [1.29, 1.82) is 0 Å². The SMILES string of the molecule is O=C(O)Oc1cccc2c1ccn2Cc1cc(Cl)cc(Br)c1OCc1ccc(Br)cc1F. The number of hydrogen-bond donors (Lipinski definition) is 1. The Morgan fingerprint density at radius 2 is 1.91 bits per heavy atom. The number of aromatic nitrogens is 1. The van der Waals surface area contributed by atoms with Crippen molar-refractivity contribution in [3.05, 3.63) is 91.7 Å². The maximum Gasteiger partial charge on any atom is 0.511 e. The average Bonchev–Trinajstić information content (AvgIpc) is 3.12. The Labute approximate surface area is 204 Å². The fourth-order valence-corrected chi connectivity index (χ4v) is 4.70. The van der Waals surface area contributed by atoms with E-state index in [1.807, 2.05) is 16.8 Å². The molecule has 164 valence electrons. The average molecular weight is 584 g/mol. The lowest BCUT2D eigenvalue weighted by Gasteiger charge is -2.16. The zero-order valence-electron chi connectivity index (χ0n) is 16.3. The van der Waals surface area contributed by atoms with Crippen LogP contribution in [0.5, 0.6) is 11.5 Å². The van der Waals surface area contributed by atoms with Crippen LogP contribution in [0.2, 0.25) is 5.02 Å². The first kappa shape index (κ1) is 22.6. The van der Waals surface area contributed by atoms with Gasteiger partial charge < -0.3 is 19.1 Å². The summed E-state index contributed by atoms with van der Waals surface area (Å²) in [5, 5.41) is 10.1. The van der Waals surface area contributed by atoms with Crippen molar-refractivity contribution in [2.24, 2.45) is 0 Å². The van der Waals surface area contributed by atoms with Crippen molar-refractivity contribution in [3.8, 4) is 11.5 Å². The molecule has 0 aliphatic rings. The molecule has 0 amide bonds. The van der Waals surface area contributed by atoms with Gasteiger partial charge in [0, 0.05) is 32.2 Å². The summed E-state index contributed by atoms with van der Waals surface area (Å²) in [4.78, 5) is 11.0. The molecule has 5 nitrogen and oxygen atoms in total. The minimum atomic E-state index is -1.38. The summed E-state index contributed by atoms with van der Waals surface area (Å²) in [6.45, 7) is 0.423. The Bertz CT molecular complexity index is 1330. The molecule has 3 aromatic carbocycles. The van der Waals surface area contributed by atoms with E-state index in [-0.39, 0.29) is 18.2 Å².